The largest absolute Gasteiger partial charge is 0.292 e. The van der Waals surface area contributed by atoms with Crippen LogP contribution in [0.1, 0.15) is 43.6 Å². The van der Waals surface area contributed by atoms with E-state index in [-0.39, 0.29) is 5.78 Å². The van der Waals surface area contributed by atoms with Crippen molar-refractivity contribution in [3.05, 3.63) is 16.6 Å². The standard InChI is InChI=1S/C10H15NOS/c1-3-8(4-2)5-10(12)9-6-13-7-11-9/h6-8H,3-5H2,1-2H3. The number of carbonyl (C=O) groups is 1. The van der Waals surface area contributed by atoms with Crippen molar-refractivity contribution in [2.24, 2.45) is 5.92 Å². The molecule has 0 radical (unpaired) electrons. The Morgan fingerprint density at radius 1 is 1.54 bits per heavy atom. The number of hydrogen-bond acceptors (Lipinski definition) is 3. The van der Waals surface area contributed by atoms with Gasteiger partial charge in [0.25, 0.3) is 0 Å². The molecule has 0 bridgehead atoms. The minimum Gasteiger partial charge on any atom is -0.292 e. The molecule has 0 saturated heterocycles. The normalized spacial score (nSPS) is 10.7. The molecule has 0 fully saturated rings. The Hall–Kier alpha value is -0.700. The van der Waals surface area contributed by atoms with Gasteiger partial charge in [0.1, 0.15) is 5.69 Å². The lowest BCUT2D eigenvalue weighted by molar-refractivity contribution is 0.0954. The summed E-state index contributed by atoms with van der Waals surface area (Å²) in [5.41, 5.74) is 2.34. The minimum absolute atomic E-state index is 0.190. The Bertz CT molecular complexity index is 252. The topological polar surface area (TPSA) is 30.0 Å². The van der Waals surface area contributed by atoms with Gasteiger partial charge in [0, 0.05) is 11.8 Å². The molecule has 0 unspecified atom stereocenters. The second-order valence-electron chi connectivity index (χ2n) is 3.18. The van der Waals surface area contributed by atoms with E-state index in [1.807, 2.05) is 5.38 Å². The Balaban J connectivity index is 2.50. The van der Waals surface area contributed by atoms with Crippen molar-refractivity contribution >= 4 is 17.1 Å². The number of ketones is 1. The molecule has 0 atom stereocenters. The van der Waals surface area contributed by atoms with Gasteiger partial charge >= 0.3 is 0 Å². The van der Waals surface area contributed by atoms with Crippen molar-refractivity contribution in [3.8, 4) is 0 Å². The molecule has 1 aromatic rings. The highest BCUT2D eigenvalue weighted by atomic mass is 32.1. The van der Waals surface area contributed by atoms with Gasteiger partial charge in [-0.1, -0.05) is 26.7 Å². The summed E-state index contributed by atoms with van der Waals surface area (Å²) in [5.74, 6) is 0.712. The Morgan fingerprint density at radius 3 is 2.69 bits per heavy atom. The second kappa shape index (κ2) is 5.12. The van der Waals surface area contributed by atoms with Gasteiger partial charge in [-0.05, 0) is 5.92 Å². The summed E-state index contributed by atoms with van der Waals surface area (Å²) in [4.78, 5) is 15.6. The van der Waals surface area contributed by atoms with E-state index in [4.69, 9.17) is 0 Å². The van der Waals surface area contributed by atoms with Crippen LogP contribution in [0.5, 0.6) is 0 Å². The minimum atomic E-state index is 0.190. The predicted octanol–water partition coefficient (Wildman–Crippen LogP) is 3.15. The van der Waals surface area contributed by atoms with Gasteiger partial charge in [-0.3, -0.25) is 4.79 Å². The number of hydrogen-bond donors (Lipinski definition) is 0. The molecule has 1 heterocycles. The summed E-state index contributed by atoms with van der Waals surface area (Å²) in [6.07, 6.45) is 2.80. The quantitative estimate of drug-likeness (QED) is 0.679. The zero-order chi connectivity index (χ0) is 9.68. The average molecular weight is 197 g/mol. The maximum absolute atomic E-state index is 11.6. The third-order valence-corrected chi connectivity index (χ3v) is 2.93. The fraction of sp³-hybridized carbons (Fsp3) is 0.600. The first-order valence-electron chi connectivity index (χ1n) is 4.69. The number of rotatable bonds is 5. The molecular weight excluding hydrogens is 182 g/mol. The highest BCUT2D eigenvalue weighted by Crippen LogP contribution is 2.16. The van der Waals surface area contributed by atoms with Gasteiger partial charge < -0.3 is 0 Å². The average Bonchev–Trinajstić information content (AvgIpc) is 2.66. The van der Waals surface area contributed by atoms with Crippen molar-refractivity contribution in [2.45, 2.75) is 33.1 Å². The molecule has 2 nitrogen and oxygen atoms in total. The Morgan fingerprint density at radius 2 is 2.23 bits per heavy atom. The van der Waals surface area contributed by atoms with Gasteiger partial charge in [-0.15, -0.1) is 11.3 Å². The maximum atomic E-state index is 11.6. The number of aromatic nitrogens is 1. The van der Waals surface area contributed by atoms with Gasteiger partial charge in [0.15, 0.2) is 5.78 Å². The summed E-state index contributed by atoms with van der Waals surface area (Å²) < 4.78 is 0. The zero-order valence-corrected chi connectivity index (χ0v) is 8.93. The predicted molar refractivity (Wildman–Crippen MR) is 55.1 cm³/mol. The van der Waals surface area contributed by atoms with E-state index in [0.29, 0.717) is 18.0 Å². The van der Waals surface area contributed by atoms with Gasteiger partial charge in [0.05, 0.1) is 5.51 Å². The zero-order valence-electron chi connectivity index (χ0n) is 8.12. The van der Waals surface area contributed by atoms with Crippen LogP contribution in [0.4, 0.5) is 0 Å². The summed E-state index contributed by atoms with van der Waals surface area (Å²) in [6, 6.07) is 0. The van der Waals surface area contributed by atoms with E-state index in [1.54, 1.807) is 5.51 Å². The van der Waals surface area contributed by atoms with Gasteiger partial charge in [0.2, 0.25) is 0 Å². The molecule has 0 aliphatic rings. The summed E-state index contributed by atoms with van der Waals surface area (Å²) >= 11 is 1.48. The van der Waals surface area contributed by atoms with Crippen LogP contribution in [0.3, 0.4) is 0 Å². The lowest BCUT2D eigenvalue weighted by Crippen LogP contribution is -2.07. The maximum Gasteiger partial charge on any atom is 0.182 e. The van der Waals surface area contributed by atoms with Crippen LogP contribution >= 0.6 is 11.3 Å². The molecule has 0 saturated carbocycles. The summed E-state index contributed by atoms with van der Waals surface area (Å²) in [5, 5.41) is 1.82. The van der Waals surface area contributed by atoms with Crippen LogP contribution in [0.25, 0.3) is 0 Å². The molecule has 0 aliphatic carbocycles. The molecule has 72 valence electrons. The first-order valence-corrected chi connectivity index (χ1v) is 5.63. The SMILES string of the molecule is CCC(CC)CC(=O)c1cscn1. The van der Waals surface area contributed by atoms with Crippen LogP contribution in [0.15, 0.2) is 10.9 Å². The lowest BCUT2D eigenvalue weighted by Gasteiger charge is -2.09. The first kappa shape index (κ1) is 10.4. The van der Waals surface area contributed by atoms with Crippen molar-refractivity contribution in [3.63, 3.8) is 0 Å². The molecule has 13 heavy (non-hydrogen) atoms. The monoisotopic (exact) mass is 197 g/mol. The third-order valence-electron chi connectivity index (χ3n) is 2.35. The van der Waals surface area contributed by atoms with Gasteiger partial charge in [-0.2, -0.15) is 0 Å². The summed E-state index contributed by atoms with van der Waals surface area (Å²) in [6.45, 7) is 4.25. The molecule has 1 aromatic heterocycles. The van der Waals surface area contributed by atoms with Crippen molar-refractivity contribution in [2.75, 3.05) is 0 Å². The van der Waals surface area contributed by atoms with E-state index in [1.165, 1.54) is 11.3 Å². The molecule has 3 heteroatoms. The van der Waals surface area contributed by atoms with Crippen LogP contribution in [-0.2, 0) is 0 Å². The molecule has 0 amide bonds. The molecule has 0 spiro atoms. The Kier molecular flexibility index (Phi) is 4.09. The molecule has 0 aromatic carbocycles. The Labute approximate surface area is 83.0 Å². The molecule has 0 N–H and O–H groups in total. The van der Waals surface area contributed by atoms with E-state index < -0.39 is 0 Å². The first-order chi connectivity index (χ1) is 6.27. The number of thiazole rings is 1. The van der Waals surface area contributed by atoms with Crippen LogP contribution in [0.2, 0.25) is 0 Å². The van der Waals surface area contributed by atoms with Crippen molar-refractivity contribution in [1.82, 2.24) is 4.98 Å². The number of carbonyl (C=O) groups excluding carboxylic acids is 1. The van der Waals surface area contributed by atoms with E-state index in [2.05, 4.69) is 18.8 Å². The van der Waals surface area contributed by atoms with E-state index in [0.717, 1.165) is 12.8 Å². The lowest BCUT2D eigenvalue weighted by atomic mass is 9.96. The van der Waals surface area contributed by atoms with E-state index >= 15 is 0 Å². The van der Waals surface area contributed by atoms with Crippen molar-refractivity contribution < 1.29 is 4.79 Å². The highest BCUT2D eigenvalue weighted by Gasteiger charge is 2.13. The van der Waals surface area contributed by atoms with Crippen LogP contribution in [-0.4, -0.2) is 10.8 Å². The fourth-order valence-corrected chi connectivity index (χ4v) is 1.85. The highest BCUT2D eigenvalue weighted by molar-refractivity contribution is 7.07. The molecule has 0 aliphatic heterocycles. The second-order valence-corrected chi connectivity index (χ2v) is 3.90. The van der Waals surface area contributed by atoms with Crippen LogP contribution < -0.4 is 0 Å². The van der Waals surface area contributed by atoms with Crippen LogP contribution in [0, 0.1) is 5.92 Å². The molecular formula is C10H15NOS. The number of Topliss-reactive ketones (excluding diaryl/α,β-unsaturated/α-hetero) is 1. The molecule has 1 rings (SSSR count). The smallest absolute Gasteiger partial charge is 0.182 e. The van der Waals surface area contributed by atoms with E-state index in [9.17, 15) is 4.79 Å². The third kappa shape index (κ3) is 2.92. The number of nitrogens with zero attached hydrogens (tertiary/aromatic N) is 1. The van der Waals surface area contributed by atoms with Gasteiger partial charge in [-0.25, -0.2) is 4.98 Å². The van der Waals surface area contributed by atoms with Crippen molar-refractivity contribution in [1.29, 1.82) is 0 Å². The fourth-order valence-electron chi connectivity index (χ4n) is 1.29. The summed E-state index contributed by atoms with van der Waals surface area (Å²) in [7, 11) is 0.